The number of ether oxygens (including phenoxy) is 2. The monoisotopic (exact) mass is 400 g/mol. The minimum atomic E-state index is -1.30. The molecule has 1 fully saturated rings. The maximum atomic E-state index is 10.5. The second-order valence-electron chi connectivity index (χ2n) is 5.89. The molecule has 0 radical (unpaired) electrons. The highest BCUT2D eigenvalue weighted by molar-refractivity contribution is 6.17. The average molecular weight is 401 g/mol. The second kappa shape index (κ2) is 9.35. The highest BCUT2D eigenvalue weighted by Crippen LogP contribution is 2.30. The summed E-state index contributed by atoms with van der Waals surface area (Å²) >= 11 is 5.66. The van der Waals surface area contributed by atoms with E-state index in [1.54, 1.807) is 24.8 Å². The summed E-state index contributed by atoms with van der Waals surface area (Å²) in [6.45, 7) is 0.0349. The minimum absolute atomic E-state index is 0.166. The van der Waals surface area contributed by atoms with Gasteiger partial charge in [0.15, 0.2) is 6.29 Å². The number of hydrogen-bond donors (Lipinski definition) is 4. The molecule has 0 bridgehead atoms. The van der Waals surface area contributed by atoms with E-state index in [0.717, 1.165) is 0 Å². The number of aliphatic hydroxyl groups excluding tert-OH is 3. The topological polar surface area (TPSA) is 148 Å². The van der Waals surface area contributed by atoms with E-state index < -0.39 is 37.3 Å². The SMILES string of the molecule is OCC1O[C@H](OCCCl)C(n2cc(CNc3cnccn3)nn2)[C@@H](O)[C@@H]1O. The minimum Gasteiger partial charge on any atom is -0.394 e. The average Bonchev–Trinajstić information content (AvgIpc) is 3.16. The summed E-state index contributed by atoms with van der Waals surface area (Å²) in [7, 11) is 0. The van der Waals surface area contributed by atoms with E-state index in [0.29, 0.717) is 18.1 Å². The fourth-order valence-corrected chi connectivity index (χ4v) is 2.85. The molecule has 0 saturated carbocycles. The summed E-state index contributed by atoms with van der Waals surface area (Å²) in [6, 6.07) is -0.858. The van der Waals surface area contributed by atoms with Crippen molar-refractivity contribution in [2.45, 2.75) is 37.2 Å². The van der Waals surface area contributed by atoms with Crippen molar-refractivity contribution < 1.29 is 24.8 Å². The zero-order valence-electron chi connectivity index (χ0n) is 14.3. The van der Waals surface area contributed by atoms with Crippen molar-refractivity contribution in [3.05, 3.63) is 30.5 Å². The van der Waals surface area contributed by atoms with Crippen LogP contribution >= 0.6 is 11.6 Å². The first-order valence-electron chi connectivity index (χ1n) is 8.34. The molecule has 12 heteroatoms. The van der Waals surface area contributed by atoms with Crippen LogP contribution in [0.5, 0.6) is 0 Å². The number of hydrogen-bond acceptors (Lipinski definition) is 10. The zero-order valence-corrected chi connectivity index (χ0v) is 15.1. The van der Waals surface area contributed by atoms with E-state index >= 15 is 0 Å². The third-order valence-corrected chi connectivity index (χ3v) is 4.24. The molecule has 2 aromatic heterocycles. The van der Waals surface area contributed by atoms with E-state index in [-0.39, 0.29) is 12.5 Å². The Hall–Kier alpha value is -1.89. The maximum Gasteiger partial charge on any atom is 0.183 e. The molecule has 2 aromatic rings. The first-order chi connectivity index (χ1) is 13.1. The van der Waals surface area contributed by atoms with Crippen LogP contribution in [0, 0.1) is 0 Å². The lowest BCUT2D eigenvalue weighted by Crippen LogP contribution is -2.57. The van der Waals surface area contributed by atoms with Gasteiger partial charge in [-0.1, -0.05) is 5.21 Å². The molecule has 3 rings (SSSR count). The van der Waals surface area contributed by atoms with Gasteiger partial charge in [0.05, 0.1) is 32.2 Å². The standard InChI is InChI=1S/C15H21ClN6O5/c16-1-4-26-15-12(14(25)13(24)10(8-23)27-15)22-7-9(20-21-22)5-19-11-6-17-2-3-18-11/h2-3,6-7,10,12-15,23-25H,1,4-5,8H2,(H,18,19)/t10?,12?,13-,14-,15+/m1/s1. The number of nitrogens with zero attached hydrogens (tertiary/aromatic N) is 5. The van der Waals surface area contributed by atoms with E-state index in [1.807, 2.05) is 0 Å². The van der Waals surface area contributed by atoms with Crippen LogP contribution in [-0.4, -0.2) is 84.0 Å². The van der Waals surface area contributed by atoms with Gasteiger partial charge in [-0.25, -0.2) is 9.67 Å². The van der Waals surface area contributed by atoms with Gasteiger partial charge in [-0.15, -0.1) is 16.7 Å². The molecule has 27 heavy (non-hydrogen) atoms. The fourth-order valence-electron chi connectivity index (χ4n) is 2.76. The number of halogens is 1. The van der Waals surface area contributed by atoms with Crippen molar-refractivity contribution in [1.82, 2.24) is 25.0 Å². The van der Waals surface area contributed by atoms with Crippen LogP contribution in [0.2, 0.25) is 0 Å². The van der Waals surface area contributed by atoms with Gasteiger partial charge in [0.2, 0.25) is 0 Å². The zero-order chi connectivity index (χ0) is 19.2. The van der Waals surface area contributed by atoms with Gasteiger partial charge in [-0.3, -0.25) is 4.98 Å². The number of aromatic nitrogens is 5. The number of rotatable bonds is 8. The molecule has 11 nitrogen and oxygen atoms in total. The van der Waals surface area contributed by atoms with E-state index in [2.05, 4.69) is 25.6 Å². The second-order valence-corrected chi connectivity index (χ2v) is 6.27. The van der Waals surface area contributed by atoms with Crippen molar-refractivity contribution in [3.8, 4) is 0 Å². The van der Waals surface area contributed by atoms with Crippen molar-refractivity contribution in [3.63, 3.8) is 0 Å². The van der Waals surface area contributed by atoms with Crippen molar-refractivity contribution in [2.24, 2.45) is 0 Å². The van der Waals surface area contributed by atoms with Gasteiger partial charge < -0.3 is 30.1 Å². The lowest BCUT2D eigenvalue weighted by molar-refractivity contribution is -0.280. The smallest absolute Gasteiger partial charge is 0.183 e. The Morgan fingerprint density at radius 1 is 1.30 bits per heavy atom. The third-order valence-electron chi connectivity index (χ3n) is 4.08. The summed E-state index contributed by atoms with van der Waals surface area (Å²) in [4.78, 5) is 8.05. The molecule has 0 spiro atoms. The van der Waals surface area contributed by atoms with Crippen LogP contribution in [0.1, 0.15) is 11.7 Å². The Balaban J connectivity index is 1.72. The van der Waals surface area contributed by atoms with Crippen LogP contribution in [0.4, 0.5) is 5.82 Å². The van der Waals surface area contributed by atoms with E-state index in [9.17, 15) is 15.3 Å². The number of nitrogens with one attached hydrogen (secondary N) is 1. The molecule has 1 aliphatic rings. The van der Waals surface area contributed by atoms with E-state index in [4.69, 9.17) is 21.1 Å². The first kappa shape index (κ1) is 19.9. The van der Waals surface area contributed by atoms with Gasteiger partial charge in [0.1, 0.15) is 35.9 Å². The van der Waals surface area contributed by atoms with Crippen molar-refractivity contribution >= 4 is 17.4 Å². The predicted molar refractivity (Wildman–Crippen MR) is 92.9 cm³/mol. The van der Waals surface area contributed by atoms with Crippen LogP contribution < -0.4 is 5.32 Å². The summed E-state index contributed by atoms with van der Waals surface area (Å²) < 4.78 is 12.5. The van der Waals surface area contributed by atoms with Crippen LogP contribution in [-0.2, 0) is 16.0 Å². The van der Waals surface area contributed by atoms with Gasteiger partial charge in [-0.05, 0) is 0 Å². The van der Waals surface area contributed by atoms with E-state index in [1.165, 1.54) is 4.68 Å². The summed E-state index contributed by atoms with van der Waals surface area (Å²) in [6.07, 6.45) is 1.79. The Morgan fingerprint density at radius 2 is 2.15 bits per heavy atom. The molecule has 3 heterocycles. The molecule has 1 aliphatic heterocycles. The largest absolute Gasteiger partial charge is 0.394 e. The molecule has 4 N–H and O–H groups in total. The molecule has 5 atom stereocenters. The summed E-state index contributed by atoms with van der Waals surface area (Å²) in [5.41, 5.74) is 0.572. The Labute approximate surface area is 159 Å². The van der Waals surface area contributed by atoms with Crippen molar-refractivity contribution in [1.29, 1.82) is 0 Å². The third kappa shape index (κ3) is 4.69. The van der Waals surface area contributed by atoms with Gasteiger partial charge >= 0.3 is 0 Å². The number of aliphatic hydroxyl groups is 3. The first-order valence-corrected chi connectivity index (χ1v) is 8.88. The van der Waals surface area contributed by atoms with Crippen molar-refractivity contribution in [2.75, 3.05) is 24.4 Å². The predicted octanol–water partition coefficient (Wildman–Crippen LogP) is -1.08. The fraction of sp³-hybridized carbons (Fsp3) is 0.600. The molecule has 0 amide bonds. The summed E-state index contributed by atoms with van der Waals surface area (Å²) in [5, 5.41) is 41.1. The molecule has 148 valence electrons. The van der Waals surface area contributed by atoms with Crippen LogP contribution in [0.15, 0.2) is 24.8 Å². The molecular formula is C15H21ClN6O5. The van der Waals surface area contributed by atoms with Gasteiger partial charge in [0.25, 0.3) is 0 Å². The van der Waals surface area contributed by atoms with Crippen LogP contribution in [0.25, 0.3) is 0 Å². The highest BCUT2D eigenvalue weighted by Gasteiger charge is 2.46. The molecule has 1 saturated heterocycles. The molecule has 0 aromatic carbocycles. The normalized spacial score (nSPS) is 28.2. The Kier molecular flexibility index (Phi) is 6.88. The quantitative estimate of drug-likeness (QED) is 0.403. The lowest BCUT2D eigenvalue weighted by Gasteiger charge is -2.41. The van der Waals surface area contributed by atoms with Gasteiger partial charge in [-0.2, -0.15) is 0 Å². The number of alkyl halides is 1. The van der Waals surface area contributed by atoms with Gasteiger partial charge in [0, 0.05) is 18.3 Å². The Bertz CT molecular complexity index is 707. The summed E-state index contributed by atoms with van der Waals surface area (Å²) in [5.74, 6) is 0.803. The molecular weight excluding hydrogens is 380 g/mol. The molecule has 0 aliphatic carbocycles. The lowest BCUT2D eigenvalue weighted by atomic mass is 9.97. The maximum absolute atomic E-state index is 10.5. The Morgan fingerprint density at radius 3 is 2.85 bits per heavy atom. The van der Waals surface area contributed by atoms with Crippen LogP contribution in [0.3, 0.4) is 0 Å². The number of anilines is 1. The highest BCUT2D eigenvalue weighted by atomic mass is 35.5. The molecule has 2 unspecified atom stereocenters.